The van der Waals surface area contributed by atoms with Gasteiger partial charge in [-0.05, 0) is 49.7 Å². The predicted molar refractivity (Wildman–Crippen MR) is 85.4 cm³/mol. The highest BCUT2D eigenvalue weighted by atomic mass is 16.5. The van der Waals surface area contributed by atoms with E-state index in [2.05, 4.69) is 0 Å². The molecule has 1 aliphatic heterocycles. The molecule has 2 fully saturated rings. The number of hydrogen-bond donors (Lipinski definition) is 1. The molecule has 1 N–H and O–H groups in total. The number of nitrogens with zero attached hydrogens (tertiary/aromatic N) is 1. The number of rotatable bonds is 4. The standard InChI is InChI=1S/C18H23NO4/c1-11-5-3-6-12(2)17(11)23-10-15(20)19-9-13-7-4-8-14(13)16(19)18(21)22/h3,5-6,13-14,16H,4,7-10H2,1-2H3,(H,21,22). The fourth-order valence-corrected chi connectivity index (χ4v) is 4.12. The van der Waals surface area contributed by atoms with Crippen LogP contribution in [-0.2, 0) is 9.59 Å². The van der Waals surface area contributed by atoms with E-state index in [1.54, 1.807) is 0 Å². The van der Waals surface area contributed by atoms with E-state index in [-0.39, 0.29) is 18.4 Å². The molecule has 1 saturated carbocycles. The molecule has 1 aromatic carbocycles. The van der Waals surface area contributed by atoms with Crippen molar-refractivity contribution in [2.75, 3.05) is 13.2 Å². The molecule has 3 rings (SSSR count). The van der Waals surface area contributed by atoms with E-state index in [1.807, 2.05) is 32.0 Å². The van der Waals surface area contributed by atoms with Gasteiger partial charge in [-0.15, -0.1) is 0 Å². The molecular formula is C18H23NO4. The molecule has 5 nitrogen and oxygen atoms in total. The van der Waals surface area contributed by atoms with Crippen LogP contribution in [0.5, 0.6) is 5.75 Å². The Morgan fingerprint density at radius 3 is 2.61 bits per heavy atom. The second kappa shape index (κ2) is 6.22. The average molecular weight is 317 g/mol. The van der Waals surface area contributed by atoms with Crippen LogP contribution < -0.4 is 4.74 Å². The molecule has 1 heterocycles. The fourth-order valence-electron chi connectivity index (χ4n) is 4.12. The minimum absolute atomic E-state index is 0.102. The normalized spacial score (nSPS) is 26.2. The number of carboxylic acids is 1. The van der Waals surface area contributed by atoms with Crippen LogP contribution >= 0.6 is 0 Å². The lowest BCUT2D eigenvalue weighted by molar-refractivity contribution is -0.150. The van der Waals surface area contributed by atoms with Gasteiger partial charge >= 0.3 is 5.97 Å². The Morgan fingerprint density at radius 1 is 1.26 bits per heavy atom. The lowest BCUT2D eigenvalue weighted by Crippen LogP contribution is -2.45. The Kier molecular flexibility index (Phi) is 4.28. The number of carboxylic acid groups (broad SMARTS) is 1. The first-order chi connectivity index (χ1) is 11.0. The topological polar surface area (TPSA) is 66.8 Å². The molecule has 23 heavy (non-hydrogen) atoms. The van der Waals surface area contributed by atoms with Crippen LogP contribution in [0.15, 0.2) is 18.2 Å². The van der Waals surface area contributed by atoms with Gasteiger partial charge in [-0.25, -0.2) is 4.79 Å². The number of likely N-dealkylation sites (tertiary alicyclic amines) is 1. The number of fused-ring (bicyclic) bond motifs is 1. The first kappa shape index (κ1) is 15.8. The molecule has 1 amide bonds. The smallest absolute Gasteiger partial charge is 0.326 e. The molecular weight excluding hydrogens is 294 g/mol. The summed E-state index contributed by atoms with van der Waals surface area (Å²) >= 11 is 0. The first-order valence-corrected chi connectivity index (χ1v) is 8.20. The maximum absolute atomic E-state index is 12.5. The van der Waals surface area contributed by atoms with Crippen molar-refractivity contribution in [3.05, 3.63) is 29.3 Å². The zero-order chi connectivity index (χ0) is 16.6. The summed E-state index contributed by atoms with van der Waals surface area (Å²) in [7, 11) is 0. The third-order valence-corrected chi connectivity index (χ3v) is 5.21. The minimum atomic E-state index is -0.889. The van der Waals surface area contributed by atoms with Crippen molar-refractivity contribution >= 4 is 11.9 Å². The zero-order valence-electron chi connectivity index (χ0n) is 13.6. The molecule has 3 unspecified atom stereocenters. The monoisotopic (exact) mass is 317 g/mol. The van der Waals surface area contributed by atoms with Gasteiger partial charge in [0.1, 0.15) is 11.8 Å². The maximum Gasteiger partial charge on any atom is 0.326 e. The van der Waals surface area contributed by atoms with Crippen molar-refractivity contribution in [1.82, 2.24) is 4.90 Å². The number of aliphatic carboxylic acids is 1. The van der Waals surface area contributed by atoms with Crippen molar-refractivity contribution in [2.24, 2.45) is 11.8 Å². The predicted octanol–water partition coefficient (Wildman–Crippen LogP) is 2.39. The Bertz CT molecular complexity index is 607. The average Bonchev–Trinajstić information content (AvgIpc) is 3.06. The summed E-state index contributed by atoms with van der Waals surface area (Å²) in [5.41, 5.74) is 1.96. The Morgan fingerprint density at radius 2 is 1.96 bits per heavy atom. The fraction of sp³-hybridized carbons (Fsp3) is 0.556. The van der Waals surface area contributed by atoms with E-state index in [0.717, 1.165) is 30.4 Å². The number of carbonyl (C=O) groups excluding carboxylic acids is 1. The molecule has 0 bridgehead atoms. The molecule has 2 aliphatic rings. The number of para-hydroxylation sites is 1. The summed E-state index contributed by atoms with van der Waals surface area (Å²) in [4.78, 5) is 25.6. The third kappa shape index (κ3) is 2.92. The van der Waals surface area contributed by atoms with Crippen LogP contribution in [0.3, 0.4) is 0 Å². The maximum atomic E-state index is 12.5. The summed E-state index contributed by atoms with van der Waals surface area (Å²) in [6.07, 6.45) is 3.00. The molecule has 1 saturated heterocycles. The summed E-state index contributed by atoms with van der Waals surface area (Å²) in [5.74, 6) is 0.0401. The van der Waals surface area contributed by atoms with Crippen LogP contribution in [0.2, 0.25) is 0 Å². The largest absolute Gasteiger partial charge is 0.483 e. The number of amides is 1. The van der Waals surface area contributed by atoms with Crippen molar-refractivity contribution < 1.29 is 19.4 Å². The van der Waals surface area contributed by atoms with Crippen molar-refractivity contribution in [2.45, 2.75) is 39.2 Å². The quantitative estimate of drug-likeness (QED) is 0.926. The van der Waals surface area contributed by atoms with Crippen LogP contribution in [0.1, 0.15) is 30.4 Å². The number of hydrogen-bond acceptors (Lipinski definition) is 3. The molecule has 124 valence electrons. The van der Waals surface area contributed by atoms with Crippen molar-refractivity contribution in [3.8, 4) is 5.75 Å². The van der Waals surface area contributed by atoms with E-state index in [9.17, 15) is 14.7 Å². The highest BCUT2D eigenvalue weighted by Gasteiger charge is 2.49. The van der Waals surface area contributed by atoms with E-state index in [4.69, 9.17) is 4.74 Å². The zero-order valence-corrected chi connectivity index (χ0v) is 13.6. The molecule has 0 aromatic heterocycles. The summed E-state index contributed by atoms with van der Waals surface area (Å²) in [6, 6.07) is 5.14. The summed E-state index contributed by atoms with van der Waals surface area (Å²) in [6.45, 7) is 4.33. The second-order valence-electron chi connectivity index (χ2n) is 6.69. The van der Waals surface area contributed by atoms with E-state index >= 15 is 0 Å². The van der Waals surface area contributed by atoms with Crippen LogP contribution in [0, 0.1) is 25.7 Å². The molecule has 1 aromatic rings. The van der Waals surface area contributed by atoms with Gasteiger partial charge in [0.25, 0.3) is 5.91 Å². The minimum Gasteiger partial charge on any atom is -0.483 e. The van der Waals surface area contributed by atoms with E-state index in [0.29, 0.717) is 18.2 Å². The van der Waals surface area contributed by atoms with Crippen LogP contribution in [-0.4, -0.2) is 41.1 Å². The molecule has 1 aliphatic carbocycles. The third-order valence-electron chi connectivity index (χ3n) is 5.21. The van der Waals surface area contributed by atoms with Gasteiger partial charge in [-0.1, -0.05) is 24.6 Å². The number of aryl methyl sites for hydroxylation is 2. The molecule has 3 atom stereocenters. The highest BCUT2D eigenvalue weighted by molar-refractivity contribution is 5.85. The highest BCUT2D eigenvalue weighted by Crippen LogP contribution is 2.42. The number of carbonyl (C=O) groups is 2. The Hall–Kier alpha value is -2.04. The second-order valence-corrected chi connectivity index (χ2v) is 6.69. The van der Waals surface area contributed by atoms with Crippen LogP contribution in [0.25, 0.3) is 0 Å². The first-order valence-electron chi connectivity index (χ1n) is 8.20. The number of ether oxygens (including phenoxy) is 1. The Balaban J connectivity index is 1.69. The number of benzene rings is 1. The van der Waals surface area contributed by atoms with Gasteiger partial charge in [0.15, 0.2) is 6.61 Å². The van der Waals surface area contributed by atoms with E-state index < -0.39 is 12.0 Å². The molecule has 5 heteroatoms. The molecule has 0 radical (unpaired) electrons. The van der Waals surface area contributed by atoms with Crippen molar-refractivity contribution in [3.63, 3.8) is 0 Å². The van der Waals surface area contributed by atoms with Gasteiger partial charge in [0.2, 0.25) is 0 Å². The lowest BCUT2D eigenvalue weighted by atomic mass is 9.94. The molecule has 0 spiro atoms. The summed E-state index contributed by atoms with van der Waals surface area (Å²) < 4.78 is 5.71. The van der Waals surface area contributed by atoms with Crippen molar-refractivity contribution in [1.29, 1.82) is 0 Å². The van der Waals surface area contributed by atoms with Gasteiger partial charge in [-0.3, -0.25) is 4.79 Å². The summed E-state index contributed by atoms with van der Waals surface area (Å²) in [5, 5.41) is 9.52. The Labute approximate surface area is 136 Å². The van der Waals surface area contributed by atoms with Crippen LogP contribution in [0.4, 0.5) is 0 Å². The van der Waals surface area contributed by atoms with Gasteiger partial charge in [-0.2, -0.15) is 0 Å². The van der Waals surface area contributed by atoms with E-state index in [1.165, 1.54) is 4.90 Å². The van der Waals surface area contributed by atoms with Gasteiger partial charge < -0.3 is 14.7 Å². The van der Waals surface area contributed by atoms with Gasteiger partial charge in [0, 0.05) is 6.54 Å². The van der Waals surface area contributed by atoms with Gasteiger partial charge in [0.05, 0.1) is 0 Å². The SMILES string of the molecule is Cc1cccc(C)c1OCC(=O)N1CC2CCCC2C1C(=O)O. The lowest BCUT2D eigenvalue weighted by Gasteiger charge is -2.24.